The molecule has 4 aliphatic rings. The van der Waals surface area contributed by atoms with Gasteiger partial charge in [0.25, 0.3) is 0 Å². The first-order chi connectivity index (χ1) is 20.3. The van der Waals surface area contributed by atoms with Crippen LogP contribution in [0.4, 0.5) is 19.7 Å². The number of piperidine rings is 1. The number of hydrogen-bond donors (Lipinski definition) is 1. The summed E-state index contributed by atoms with van der Waals surface area (Å²) >= 11 is 8.29. The Kier molecular flexibility index (Phi) is 6.28. The van der Waals surface area contributed by atoms with Gasteiger partial charge in [0.1, 0.15) is 24.1 Å². The van der Waals surface area contributed by atoms with E-state index < -0.39 is 12.0 Å². The number of anilines is 2. The molecule has 0 spiro atoms. The van der Waals surface area contributed by atoms with Crippen molar-refractivity contribution >= 4 is 55.0 Å². The smallest absolute Gasteiger partial charge is 0.319 e. The Morgan fingerprint density at radius 2 is 1.93 bits per heavy atom. The molecule has 2 N–H and O–H groups in total. The van der Waals surface area contributed by atoms with E-state index in [0.29, 0.717) is 52.5 Å². The second kappa shape index (κ2) is 9.86. The number of ether oxygens (including phenoxy) is 1. The van der Waals surface area contributed by atoms with Crippen molar-refractivity contribution in [1.29, 1.82) is 0 Å². The molecule has 4 fully saturated rings. The van der Waals surface area contributed by atoms with Crippen molar-refractivity contribution in [2.75, 3.05) is 30.3 Å². The van der Waals surface area contributed by atoms with Crippen molar-refractivity contribution in [2.24, 2.45) is 0 Å². The van der Waals surface area contributed by atoms with Crippen molar-refractivity contribution in [3.05, 3.63) is 34.6 Å². The summed E-state index contributed by atoms with van der Waals surface area (Å²) in [5.41, 5.74) is 8.35. The van der Waals surface area contributed by atoms with Crippen molar-refractivity contribution < 1.29 is 13.5 Å². The molecule has 8 rings (SSSR count). The summed E-state index contributed by atoms with van der Waals surface area (Å²) in [6, 6.07) is 6.40. The SMILES string of the molecule is Cc1ccc(-c2c(Cl)cc3c(N4C5CCCC4CC5)nc(OC[C@@]45CCCN4C[C@H](F)C5)nc3c2F)c2nc(N)sc12. The summed E-state index contributed by atoms with van der Waals surface area (Å²) in [7, 11) is 0. The van der Waals surface area contributed by atoms with Gasteiger partial charge in [-0.05, 0) is 70.0 Å². The lowest BCUT2D eigenvalue weighted by Crippen LogP contribution is -2.43. The van der Waals surface area contributed by atoms with Crippen molar-refractivity contribution in [3.8, 4) is 17.1 Å². The van der Waals surface area contributed by atoms with Gasteiger partial charge in [-0.15, -0.1) is 0 Å². The Morgan fingerprint density at radius 3 is 2.74 bits per heavy atom. The van der Waals surface area contributed by atoms with E-state index in [1.165, 1.54) is 17.8 Å². The molecule has 7 nitrogen and oxygen atoms in total. The van der Waals surface area contributed by atoms with Crippen LogP contribution in [0.5, 0.6) is 6.01 Å². The Balaban J connectivity index is 1.29. The minimum atomic E-state index is -0.862. The normalized spacial score (nSPS) is 27.4. The summed E-state index contributed by atoms with van der Waals surface area (Å²) in [4.78, 5) is 18.7. The molecule has 4 atom stereocenters. The number of aryl methyl sites for hydroxylation is 1. The summed E-state index contributed by atoms with van der Waals surface area (Å²) in [6.07, 6.45) is 6.98. The van der Waals surface area contributed by atoms with Crippen LogP contribution >= 0.6 is 22.9 Å². The van der Waals surface area contributed by atoms with Gasteiger partial charge in [0, 0.05) is 41.6 Å². The highest BCUT2D eigenvalue weighted by Gasteiger charge is 2.49. The number of alkyl halides is 1. The summed E-state index contributed by atoms with van der Waals surface area (Å²) in [5.74, 6) is 0.148. The van der Waals surface area contributed by atoms with E-state index in [1.54, 1.807) is 6.07 Å². The van der Waals surface area contributed by atoms with Crippen molar-refractivity contribution in [3.63, 3.8) is 0 Å². The quantitative estimate of drug-likeness (QED) is 0.259. The van der Waals surface area contributed by atoms with Crippen LogP contribution in [0.2, 0.25) is 5.02 Å². The Hall–Kier alpha value is -2.82. The zero-order chi connectivity index (χ0) is 28.7. The van der Waals surface area contributed by atoms with Crippen LogP contribution in [-0.4, -0.2) is 63.3 Å². The fourth-order valence-corrected chi connectivity index (χ4v) is 9.25. The molecular weight excluding hydrogens is 578 g/mol. The van der Waals surface area contributed by atoms with Crippen LogP contribution in [-0.2, 0) is 0 Å². The first-order valence-corrected chi connectivity index (χ1v) is 16.2. The average Bonchev–Trinajstić information content (AvgIpc) is 3.68. The van der Waals surface area contributed by atoms with E-state index in [-0.39, 0.29) is 34.3 Å². The maximum atomic E-state index is 16.8. The van der Waals surface area contributed by atoms with E-state index in [1.807, 2.05) is 19.1 Å². The topological polar surface area (TPSA) is 80.4 Å². The second-order valence-corrected chi connectivity index (χ2v) is 14.0. The molecule has 220 valence electrons. The van der Waals surface area contributed by atoms with E-state index in [9.17, 15) is 4.39 Å². The number of fused-ring (bicyclic) bond motifs is 5. The maximum absolute atomic E-state index is 16.8. The molecule has 0 amide bonds. The molecule has 42 heavy (non-hydrogen) atoms. The molecule has 4 saturated heterocycles. The lowest BCUT2D eigenvalue weighted by molar-refractivity contribution is 0.107. The predicted molar refractivity (Wildman–Crippen MR) is 164 cm³/mol. The van der Waals surface area contributed by atoms with Crippen LogP contribution in [0.25, 0.3) is 32.2 Å². The second-order valence-electron chi connectivity index (χ2n) is 12.5. The number of halogens is 3. The maximum Gasteiger partial charge on any atom is 0.319 e. The lowest BCUT2D eigenvalue weighted by Gasteiger charge is -2.36. The van der Waals surface area contributed by atoms with Gasteiger partial charge in [0.05, 0.1) is 20.8 Å². The molecule has 6 heterocycles. The number of benzene rings is 2. The zero-order valence-corrected chi connectivity index (χ0v) is 25.1. The molecule has 0 aliphatic carbocycles. The van der Waals surface area contributed by atoms with Crippen LogP contribution in [0.3, 0.4) is 0 Å². The van der Waals surface area contributed by atoms with E-state index in [2.05, 4.69) is 19.8 Å². The standard InChI is InChI=1S/C31H33ClF2N6OS/c1-16-6-9-20(26-27(16)42-29(35)36-26)23-22(32)12-21-25(24(23)34)37-30(38-28(21)40-18-4-2-5-19(40)8-7-18)41-15-31-10-3-11-39(31)14-17(33)13-31/h6,9,12,17-19H,2-5,7-8,10-11,13-15H2,1H3,(H2,35,36)/t17-,18?,19?,31+/m1/s1. The van der Waals surface area contributed by atoms with Crippen LogP contribution < -0.4 is 15.4 Å². The largest absolute Gasteiger partial charge is 0.461 e. The van der Waals surface area contributed by atoms with E-state index in [4.69, 9.17) is 27.1 Å². The molecular formula is C31H33ClF2N6OS. The average molecular weight is 611 g/mol. The Labute approximate surface area is 252 Å². The third-order valence-corrected chi connectivity index (χ3v) is 11.4. The zero-order valence-electron chi connectivity index (χ0n) is 23.5. The van der Waals surface area contributed by atoms with Crippen LogP contribution in [0.1, 0.15) is 56.9 Å². The third kappa shape index (κ3) is 4.08. The Bertz CT molecular complexity index is 1720. The Morgan fingerprint density at radius 1 is 1.12 bits per heavy atom. The van der Waals surface area contributed by atoms with Gasteiger partial charge in [-0.25, -0.2) is 13.8 Å². The van der Waals surface area contributed by atoms with Gasteiger partial charge >= 0.3 is 6.01 Å². The third-order valence-electron chi connectivity index (χ3n) is 10.0. The fraction of sp³-hybridized carbons (Fsp3) is 0.516. The molecule has 2 unspecified atom stereocenters. The summed E-state index contributed by atoms with van der Waals surface area (Å²) < 4.78 is 38.5. The number of aromatic nitrogens is 3. The molecule has 11 heteroatoms. The van der Waals surface area contributed by atoms with Crippen LogP contribution in [0.15, 0.2) is 18.2 Å². The van der Waals surface area contributed by atoms with Gasteiger partial charge < -0.3 is 15.4 Å². The van der Waals surface area contributed by atoms with Gasteiger partial charge in [-0.2, -0.15) is 9.97 Å². The number of rotatable bonds is 5. The molecule has 2 aromatic carbocycles. The lowest BCUT2D eigenvalue weighted by atomic mass is 9.95. The number of nitrogen functional groups attached to an aromatic ring is 1. The highest BCUT2D eigenvalue weighted by Crippen LogP contribution is 2.46. The van der Waals surface area contributed by atoms with Gasteiger partial charge in [0.15, 0.2) is 10.9 Å². The highest BCUT2D eigenvalue weighted by atomic mass is 35.5. The first kappa shape index (κ1) is 26.8. The van der Waals surface area contributed by atoms with Gasteiger partial charge in [0.2, 0.25) is 0 Å². The van der Waals surface area contributed by atoms with E-state index >= 15 is 4.39 Å². The number of nitrogens with two attached hydrogens (primary N) is 1. The van der Waals surface area contributed by atoms with Gasteiger partial charge in [-0.1, -0.05) is 35.1 Å². The highest BCUT2D eigenvalue weighted by molar-refractivity contribution is 7.22. The van der Waals surface area contributed by atoms with Gasteiger partial charge in [-0.3, -0.25) is 4.90 Å². The summed E-state index contributed by atoms with van der Waals surface area (Å²) in [6.45, 7) is 3.57. The molecule has 4 aliphatic heterocycles. The molecule has 2 bridgehead atoms. The monoisotopic (exact) mass is 610 g/mol. The van der Waals surface area contributed by atoms with Crippen molar-refractivity contribution in [2.45, 2.75) is 82.1 Å². The van der Waals surface area contributed by atoms with E-state index in [0.717, 1.165) is 55.3 Å². The number of nitrogens with zero attached hydrogens (tertiary/aromatic N) is 5. The molecule has 4 aromatic rings. The minimum absolute atomic E-state index is 0.130. The number of hydrogen-bond acceptors (Lipinski definition) is 8. The number of thiazole rings is 1. The molecule has 2 aromatic heterocycles. The minimum Gasteiger partial charge on any atom is -0.461 e. The van der Waals surface area contributed by atoms with Crippen molar-refractivity contribution in [1.82, 2.24) is 19.9 Å². The fourth-order valence-electron chi connectivity index (χ4n) is 8.13. The first-order valence-electron chi connectivity index (χ1n) is 15.0. The summed E-state index contributed by atoms with van der Waals surface area (Å²) in [5, 5.41) is 1.28. The molecule has 0 saturated carbocycles. The molecule has 0 radical (unpaired) electrons. The predicted octanol–water partition coefficient (Wildman–Crippen LogP) is 7.07. The van der Waals surface area contributed by atoms with Crippen LogP contribution in [0, 0.1) is 12.7 Å².